The van der Waals surface area contributed by atoms with Crippen molar-refractivity contribution in [2.24, 2.45) is 5.73 Å². The number of nitrogens with one attached hydrogen (secondary N) is 3. The van der Waals surface area contributed by atoms with Crippen LogP contribution in [0.1, 0.15) is 27.7 Å². The molecule has 0 spiro atoms. The van der Waals surface area contributed by atoms with Gasteiger partial charge in [0.1, 0.15) is 5.71 Å². The van der Waals surface area contributed by atoms with E-state index < -0.39 is 6.03 Å². The second-order valence-electron chi connectivity index (χ2n) is 6.15. The van der Waals surface area contributed by atoms with Gasteiger partial charge in [0.05, 0.1) is 16.7 Å². The van der Waals surface area contributed by atoms with E-state index in [4.69, 9.17) is 11.5 Å². The van der Waals surface area contributed by atoms with E-state index in [2.05, 4.69) is 41.1 Å². The highest BCUT2D eigenvalue weighted by Gasteiger charge is 2.16. The van der Waals surface area contributed by atoms with E-state index >= 15 is 0 Å². The van der Waals surface area contributed by atoms with Crippen molar-refractivity contribution in [2.45, 2.75) is 27.7 Å². The van der Waals surface area contributed by atoms with Gasteiger partial charge in [-0.25, -0.2) is 9.89 Å². The van der Waals surface area contributed by atoms with E-state index in [1.54, 1.807) is 4.36 Å². The van der Waals surface area contributed by atoms with Crippen LogP contribution < -0.4 is 36.7 Å². The standard InChI is InChI=1S/C18H27N7O/c1-6-24(7-2)13-8-9-14(15(10-13)22-18(20)26)21-16-12(5)23-25(11(3)4)17(16)19/h8-10,21,23H,5-7,19H2,1-4H3,(H2-,20,22,26)/p+1. The monoisotopic (exact) mass is 358 g/mol. The molecule has 1 aromatic heterocycles. The SMILES string of the molecule is C=c1[nH][n+](=C(C)C)c(N)c1Nc1ccc(N(CC)CC)cc1NC(N)=O. The van der Waals surface area contributed by atoms with Gasteiger partial charge in [0.15, 0.2) is 5.69 Å². The molecule has 0 aliphatic carbocycles. The maximum absolute atomic E-state index is 11.4. The zero-order chi connectivity index (χ0) is 19.4. The molecular formula is C18H28N7O+. The largest absolute Gasteiger partial charge is 0.372 e. The third-order valence-electron chi connectivity index (χ3n) is 4.14. The van der Waals surface area contributed by atoms with Crippen molar-refractivity contribution in [2.75, 3.05) is 34.4 Å². The van der Waals surface area contributed by atoms with Crippen LogP contribution in [0, 0.1) is 5.71 Å². The summed E-state index contributed by atoms with van der Waals surface area (Å²) in [6.45, 7) is 13.7. The third kappa shape index (κ3) is 3.90. The minimum absolute atomic E-state index is 0.507. The molecule has 2 rings (SSSR count). The van der Waals surface area contributed by atoms with Crippen LogP contribution >= 0.6 is 0 Å². The maximum atomic E-state index is 11.4. The minimum Gasteiger partial charge on any atom is -0.372 e. The summed E-state index contributed by atoms with van der Waals surface area (Å²) in [4.78, 5) is 13.6. The van der Waals surface area contributed by atoms with Gasteiger partial charge in [0, 0.05) is 18.8 Å². The Morgan fingerprint density at radius 1 is 1.27 bits per heavy atom. The Kier molecular flexibility index (Phi) is 5.76. The van der Waals surface area contributed by atoms with Crippen LogP contribution in [0.5, 0.6) is 0 Å². The molecule has 140 valence electrons. The molecular weight excluding hydrogens is 330 g/mol. The number of hydrogen-bond acceptors (Lipinski definition) is 4. The number of carbonyl (C=O) groups excluding carboxylic acids is 1. The van der Waals surface area contributed by atoms with Crippen LogP contribution in [-0.2, 0) is 0 Å². The molecule has 8 heteroatoms. The number of nitrogens with two attached hydrogens (primary N) is 2. The predicted octanol–water partition coefficient (Wildman–Crippen LogP) is 1.79. The van der Waals surface area contributed by atoms with Gasteiger partial charge in [-0.15, -0.1) is 4.36 Å². The molecule has 0 bridgehead atoms. The number of carbonyl (C=O) groups is 1. The molecule has 2 amide bonds. The molecule has 0 aliphatic rings. The third-order valence-corrected chi connectivity index (χ3v) is 4.14. The molecule has 0 fully saturated rings. The summed E-state index contributed by atoms with van der Waals surface area (Å²) in [6.07, 6.45) is 0. The number of hydrogen-bond donors (Lipinski definition) is 5. The lowest BCUT2D eigenvalue weighted by Crippen LogP contribution is -2.27. The number of anilines is 5. The van der Waals surface area contributed by atoms with Crippen molar-refractivity contribution in [1.82, 2.24) is 5.10 Å². The topological polar surface area (TPSA) is 118 Å². The fraction of sp³-hybridized carbons (Fsp3) is 0.333. The summed E-state index contributed by atoms with van der Waals surface area (Å²) in [5.41, 5.74) is 15.4. The predicted molar refractivity (Wildman–Crippen MR) is 107 cm³/mol. The molecule has 1 heterocycles. The van der Waals surface area contributed by atoms with Crippen molar-refractivity contribution in [3.63, 3.8) is 0 Å². The number of aromatic nitrogens is 2. The van der Waals surface area contributed by atoms with Gasteiger partial charge in [0.2, 0.25) is 0 Å². The number of aromatic amines is 1. The average Bonchev–Trinajstić information content (AvgIpc) is 2.85. The van der Waals surface area contributed by atoms with E-state index in [0.717, 1.165) is 24.5 Å². The van der Waals surface area contributed by atoms with Crippen LogP contribution in [0.3, 0.4) is 0 Å². The van der Waals surface area contributed by atoms with E-state index in [9.17, 15) is 4.79 Å². The van der Waals surface area contributed by atoms with Gasteiger partial charge in [0.25, 0.3) is 0 Å². The van der Waals surface area contributed by atoms with Crippen LogP contribution in [-0.4, -0.2) is 24.2 Å². The normalized spacial score (nSPS) is 10.5. The second-order valence-corrected chi connectivity index (χ2v) is 6.15. The molecule has 2 aromatic rings. The molecule has 1 aromatic carbocycles. The molecule has 0 aliphatic heterocycles. The number of nitrogens with zero attached hydrogens (tertiary/aromatic N) is 2. The fourth-order valence-electron chi connectivity index (χ4n) is 2.81. The first kappa shape index (κ1) is 19.2. The number of primary amides is 1. The highest BCUT2D eigenvalue weighted by atomic mass is 16.2. The molecule has 0 unspecified atom stereocenters. The smallest absolute Gasteiger partial charge is 0.322 e. The first-order chi connectivity index (χ1) is 12.3. The van der Waals surface area contributed by atoms with Crippen LogP contribution in [0.2, 0.25) is 0 Å². The molecule has 0 saturated heterocycles. The van der Waals surface area contributed by atoms with Gasteiger partial charge >= 0.3 is 11.8 Å². The number of rotatable bonds is 6. The Morgan fingerprint density at radius 2 is 1.92 bits per heavy atom. The van der Waals surface area contributed by atoms with Crippen molar-refractivity contribution >= 4 is 41.2 Å². The molecule has 0 radical (unpaired) electrons. The number of H-pyrrole nitrogens is 1. The molecule has 26 heavy (non-hydrogen) atoms. The summed E-state index contributed by atoms with van der Waals surface area (Å²) in [5.74, 6) is 0.507. The van der Waals surface area contributed by atoms with Crippen molar-refractivity contribution in [3.05, 3.63) is 29.3 Å². The first-order valence-corrected chi connectivity index (χ1v) is 8.56. The van der Waals surface area contributed by atoms with E-state index in [1.807, 2.05) is 32.0 Å². The Hall–Kier alpha value is -3.16. The molecule has 8 nitrogen and oxygen atoms in total. The Morgan fingerprint density at radius 3 is 2.42 bits per heavy atom. The van der Waals surface area contributed by atoms with Gasteiger partial charge in [-0.3, -0.25) is 5.73 Å². The van der Waals surface area contributed by atoms with Crippen LogP contribution in [0.25, 0.3) is 6.58 Å². The Labute approximate surface area is 153 Å². The molecule has 0 atom stereocenters. The lowest BCUT2D eigenvalue weighted by molar-refractivity contribution is -0.571. The van der Waals surface area contributed by atoms with Crippen LogP contribution in [0.4, 0.5) is 33.4 Å². The quantitative estimate of drug-likeness (QED) is 0.506. The van der Waals surface area contributed by atoms with Gasteiger partial charge < -0.3 is 21.3 Å². The highest BCUT2D eigenvalue weighted by Crippen LogP contribution is 2.30. The number of nitrogen functional groups attached to an aromatic ring is 1. The van der Waals surface area contributed by atoms with Gasteiger partial charge in [-0.1, -0.05) is 6.58 Å². The summed E-state index contributed by atoms with van der Waals surface area (Å²) in [6, 6.07) is 5.13. The lowest BCUT2D eigenvalue weighted by atomic mass is 10.2. The van der Waals surface area contributed by atoms with Gasteiger partial charge in [-0.2, -0.15) is 0 Å². The summed E-state index contributed by atoms with van der Waals surface area (Å²) < 4.78 is 1.75. The number of urea groups is 1. The van der Waals surface area contributed by atoms with E-state index in [-0.39, 0.29) is 0 Å². The van der Waals surface area contributed by atoms with Crippen molar-refractivity contribution in [1.29, 1.82) is 0 Å². The summed E-state index contributed by atoms with van der Waals surface area (Å²) in [5, 5.41) is 9.66. The zero-order valence-corrected chi connectivity index (χ0v) is 15.8. The zero-order valence-electron chi connectivity index (χ0n) is 15.8. The molecule has 0 saturated carbocycles. The minimum atomic E-state index is -0.630. The fourth-order valence-corrected chi connectivity index (χ4v) is 2.81. The summed E-state index contributed by atoms with van der Waals surface area (Å²) >= 11 is 0. The van der Waals surface area contributed by atoms with Crippen molar-refractivity contribution < 1.29 is 9.15 Å². The van der Waals surface area contributed by atoms with E-state index in [1.165, 1.54) is 0 Å². The Bertz CT molecular complexity index is 908. The van der Waals surface area contributed by atoms with Crippen molar-refractivity contribution in [3.8, 4) is 0 Å². The number of benzene rings is 1. The Balaban J connectivity index is 2.51. The van der Waals surface area contributed by atoms with E-state index in [0.29, 0.717) is 28.2 Å². The molecule has 7 N–H and O–H groups in total. The van der Waals surface area contributed by atoms with Gasteiger partial charge in [-0.05, 0) is 45.9 Å². The van der Waals surface area contributed by atoms with Crippen LogP contribution in [0.15, 0.2) is 18.2 Å². The number of amides is 2. The highest BCUT2D eigenvalue weighted by molar-refractivity contribution is 5.94. The average molecular weight is 358 g/mol. The second kappa shape index (κ2) is 7.81. The summed E-state index contributed by atoms with van der Waals surface area (Å²) in [7, 11) is 0. The first-order valence-electron chi connectivity index (χ1n) is 8.56. The maximum Gasteiger partial charge on any atom is 0.322 e. The lowest BCUT2D eigenvalue weighted by Gasteiger charge is -2.23.